The first kappa shape index (κ1) is 6.58. The van der Waals surface area contributed by atoms with Crippen molar-refractivity contribution < 1.29 is 9.84 Å². The molecule has 1 N–H and O–H groups in total. The number of morpholine rings is 1. The average Bonchev–Trinajstić information content (AvgIpc) is 1.92. The van der Waals surface area contributed by atoms with Gasteiger partial charge in [0.1, 0.15) is 0 Å². The normalized spacial score (nSPS) is 38.1. The first-order valence-corrected chi connectivity index (χ1v) is 3.88. The van der Waals surface area contributed by atoms with E-state index < -0.39 is 0 Å². The Morgan fingerprint density at radius 3 is 2.90 bits per heavy atom. The average molecular weight is 143 g/mol. The molecule has 0 saturated carbocycles. The summed E-state index contributed by atoms with van der Waals surface area (Å²) in [5.41, 5.74) is 0. The maximum absolute atomic E-state index is 8.55. The molecule has 2 aliphatic rings. The zero-order valence-electron chi connectivity index (χ0n) is 5.99. The summed E-state index contributed by atoms with van der Waals surface area (Å²) in [6.07, 6.45) is 1.45. The van der Waals surface area contributed by atoms with Crippen molar-refractivity contribution in [2.24, 2.45) is 0 Å². The molecule has 0 bridgehead atoms. The maximum Gasteiger partial charge on any atom is 0.0880 e. The zero-order valence-corrected chi connectivity index (χ0v) is 5.99. The van der Waals surface area contributed by atoms with Crippen LogP contribution in [0.15, 0.2) is 0 Å². The van der Waals surface area contributed by atoms with Gasteiger partial charge in [-0.3, -0.25) is 4.90 Å². The van der Waals surface area contributed by atoms with Gasteiger partial charge >= 0.3 is 0 Å². The molecule has 2 fully saturated rings. The Kier molecular flexibility index (Phi) is 1.64. The molecule has 0 aromatic carbocycles. The van der Waals surface area contributed by atoms with E-state index in [4.69, 9.17) is 9.84 Å². The first-order chi connectivity index (χ1) is 4.92. The van der Waals surface area contributed by atoms with Gasteiger partial charge in [-0.1, -0.05) is 0 Å². The molecule has 0 aliphatic carbocycles. The van der Waals surface area contributed by atoms with E-state index in [1.54, 1.807) is 0 Å². The molecule has 2 heterocycles. The van der Waals surface area contributed by atoms with Gasteiger partial charge in [0.2, 0.25) is 0 Å². The summed E-state index contributed by atoms with van der Waals surface area (Å²) < 4.78 is 5.24. The number of hydrogen-bond donors (Lipinski definition) is 1. The van der Waals surface area contributed by atoms with Crippen LogP contribution >= 0.6 is 0 Å². The van der Waals surface area contributed by atoms with E-state index in [-0.39, 0.29) is 0 Å². The molecule has 0 amide bonds. The Labute approximate surface area is 60.6 Å². The van der Waals surface area contributed by atoms with Gasteiger partial charge in [-0.15, -0.1) is 0 Å². The first-order valence-electron chi connectivity index (χ1n) is 3.88. The summed E-state index contributed by atoms with van der Waals surface area (Å²) in [7, 11) is 0. The summed E-state index contributed by atoms with van der Waals surface area (Å²) >= 11 is 0. The van der Waals surface area contributed by atoms with Crippen LogP contribution in [0.2, 0.25) is 0 Å². The van der Waals surface area contributed by atoms with E-state index in [1.807, 2.05) is 0 Å². The SMILES string of the molecule is OCCCN1C[C@H]2OCC21. The largest absolute Gasteiger partial charge is 0.396 e. The van der Waals surface area contributed by atoms with E-state index in [9.17, 15) is 0 Å². The Hall–Kier alpha value is -0.120. The summed E-state index contributed by atoms with van der Waals surface area (Å²) in [5.74, 6) is 0. The lowest BCUT2D eigenvalue weighted by Crippen LogP contribution is -2.70. The third kappa shape index (κ3) is 0.856. The highest BCUT2D eigenvalue weighted by Crippen LogP contribution is 2.29. The van der Waals surface area contributed by atoms with Crippen LogP contribution in [0.3, 0.4) is 0 Å². The van der Waals surface area contributed by atoms with Crippen LogP contribution in [-0.2, 0) is 4.74 Å². The van der Waals surface area contributed by atoms with Gasteiger partial charge in [0.05, 0.1) is 18.8 Å². The van der Waals surface area contributed by atoms with Crippen LogP contribution in [0, 0.1) is 0 Å². The van der Waals surface area contributed by atoms with Crippen molar-refractivity contribution in [2.75, 3.05) is 26.3 Å². The van der Waals surface area contributed by atoms with E-state index in [0.29, 0.717) is 18.8 Å². The molecule has 3 nitrogen and oxygen atoms in total. The number of aliphatic hydroxyl groups excluding tert-OH is 1. The van der Waals surface area contributed by atoms with Crippen LogP contribution in [-0.4, -0.2) is 48.5 Å². The van der Waals surface area contributed by atoms with Gasteiger partial charge in [0, 0.05) is 19.7 Å². The molecular weight excluding hydrogens is 130 g/mol. The molecule has 2 rings (SSSR count). The van der Waals surface area contributed by atoms with Crippen LogP contribution in [0.25, 0.3) is 0 Å². The Bertz CT molecular complexity index is 129. The predicted octanol–water partition coefficient (Wildman–Crippen LogP) is -0.548. The number of ether oxygens (including phenoxy) is 1. The predicted molar refractivity (Wildman–Crippen MR) is 36.8 cm³/mol. The fourth-order valence-electron chi connectivity index (χ4n) is 1.59. The van der Waals surface area contributed by atoms with Gasteiger partial charge in [-0.2, -0.15) is 0 Å². The number of nitrogens with zero attached hydrogens (tertiary/aromatic N) is 1. The molecule has 10 heavy (non-hydrogen) atoms. The number of rotatable bonds is 3. The second kappa shape index (κ2) is 2.49. The fraction of sp³-hybridized carbons (Fsp3) is 1.00. The van der Waals surface area contributed by atoms with Gasteiger partial charge in [-0.25, -0.2) is 0 Å². The minimum Gasteiger partial charge on any atom is -0.396 e. The quantitative estimate of drug-likeness (QED) is 0.575. The molecule has 0 aromatic heterocycles. The molecule has 3 heteroatoms. The molecule has 2 aliphatic heterocycles. The lowest BCUT2D eigenvalue weighted by Gasteiger charge is -2.54. The molecular formula is C7H13NO2. The second-order valence-corrected chi connectivity index (χ2v) is 3.01. The molecule has 2 atom stereocenters. The number of hydrogen-bond acceptors (Lipinski definition) is 3. The van der Waals surface area contributed by atoms with Crippen molar-refractivity contribution >= 4 is 0 Å². The van der Waals surface area contributed by atoms with E-state index >= 15 is 0 Å². The third-order valence-electron chi connectivity index (χ3n) is 2.40. The highest BCUT2D eigenvalue weighted by molar-refractivity contribution is 4.99. The van der Waals surface area contributed by atoms with Crippen molar-refractivity contribution in [2.45, 2.75) is 18.6 Å². The van der Waals surface area contributed by atoms with E-state index in [2.05, 4.69) is 4.90 Å². The van der Waals surface area contributed by atoms with Crippen molar-refractivity contribution in [3.8, 4) is 0 Å². The number of likely N-dealkylation sites (tertiary alicyclic amines) is 1. The highest BCUT2D eigenvalue weighted by atomic mass is 16.5. The van der Waals surface area contributed by atoms with Gasteiger partial charge in [0.15, 0.2) is 0 Å². The van der Waals surface area contributed by atoms with Crippen molar-refractivity contribution in [3.05, 3.63) is 0 Å². The smallest absolute Gasteiger partial charge is 0.0880 e. The number of fused-ring (bicyclic) bond motifs is 1. The minimum absolute atomic E-state index is 0.314. The van der Waals surface area contributed by atoms with Crippen LogP contribution in [0.5, 0.6) is 0 Å². The van der Waals surface area contributed by atoms with Crippen LogP contribution in [0.4, 0.5) is 0 Å². The summed E-state index contributed by atoms with van der Waals surface area (Å²) in [4.78, 5) is 2.38. The minimum atomic E-state index is 0.314. The molecule has 58 valence electrons. The fourth-order valence-corrected chi connectivity index (χ4v) is 1.59. The molecule has 0 spiro atoms. The Morgan fingerprint density at radius 2 is 2.50 bits per heavy atom. The standard InChI is InChI=1S/C7H13NO2/c9-3-1-2-8-4-7-6(8)5-10-7/h6-7,9H,1-5H2/t6?,7-/m1/s1. The lowest BCUT2D eigenvalue weighted by atomic mass is 9.95. The van der Waals surface area contributed by atoms with Crippen LogP contribution < -0.4 is 0 Å². The summed E-state index contributed by atoms with van der Waals surface area (Å²) in [6.45, 7) is 3.36. The summed E-state index contributed by atoms with van der Waals surface area (Å²) in [6, 6.07) is 0.701. The van der Waals surface area contributed by atoms with Crippen molar-refractivity contribution in [1.82, 2.24) is 4.90 Å². The third-order valence-corrected chi connectivity index (χ3v) is 2.40. The highest BCUT2D eigenvalue weighted by Gasteiger charge is 2.46. The Balaban J connectivity index is 1.67. The van der Waals surface area contributed by atoms with E-state index in [1.165, 1.54) is 0 Å². The molecule has 0 radical (unpaired) electrons. The van der Waals surface area contributed by atoms with Crippen molar-refractivity contribution in [1.29, 1.82) is 0 Å². The Morgan fingerprint density at radius 1 is 1.60 bits per heavy atom. The van der Waals surface area contributed by atoms with Gasteiger partial charge < -0.3 is 9.84 Å². The molecule has 2 saturated heterocycles. The van der Waals surface area contributed by atoms with Crippen molar-refractivity contribution in [3.63, 3.8) is 0 Å². The molecule has 1 unspecified atom stereocenters. The second-order valence-electron chi connectivity index (χ2n) is 3.01. The summed E-state index contributed by atoms with van der Waals surface area (Å²) in [5, 5.41) is 8.55. The van der Waals surface area contributed by atoms with E-state index in [0.717, 1.165) is 26.1 Å². The lowest BCUT2D eigenvalue weighted by molar-refractivity contribution is -0.214. The number of aliphatic hydroxyl groups is 1. The topological polar surface area (TPSA) is 32.7 Å². The van der Waals surface area contributed by atoms with Gasteiger partial charge in [0.25, 0.3) is 0 Å². The van der Waals surface area contributed by atoms with Gasteiger partial charge in [-0.05, 0) is 6.42 Å². The van der Waals surface area contributed by atoms with Crippen LogP contribution in [0.1, 0.15) is 6.42 Å². The monoisotopic (exact) mass is 143 g/mol. The zero-order chi connectivity index (χ0) is 6.97. The maximum atomic E-state index is 8.55. The molecule has 0 aromatic rings.